The van der Waals surface area contributed by atoms with Crippen molar-refractivity contribution < 1.29 is 4.79 Å². The van der Waals surface area contributed by atoms with E-state index >= 15 is 0 Å². The van der Waals surface area contributed by atoms with Crippen LogP contribution in [0.2, 0.25) is 0 Å². The van der Waals surface area contributed by atoms with E-state index in [2.05, 4.69) is 65.8 Å². The lowest BCUT2D eigenvalue weighted by Crippen LogP contribution is -2.05. The zero-order valence-corrected chi connectivity index (χ0v) is 14.8. The van der Waals surface area contributed by atoms with Crippen LogP contribution in [-0.4, -0.2) is 10.9 Å². The number of benzene rings is 3. The zero-order valence-electron chi connectivity index (χ0n) is 14.8. The Morgan fingerprint density at radius 2 is 1.69 bits per heavy atom. The van der Waals surface area contributed by atoms with Crippen molar-refractivity contribution in [2.24, 2.45) is 0 Å². The van der Waals surface area contributed by atoms with Crippen LogP contribution in [0.15, 0.2) is 72.9 Å². The lowest BCUT2D eigenvalue weighted by Gasteiger charge is -2.12. The Morgan fingerprint density at radius 1 is 0.885 bits per heavy atom. The van der Waals surface area contributed by atoms with E-state index in [1.54, 1.807) is 0 Å². The maximum absolute atomic E-state index is 11.6. The van der Waals surface area contributed by atoms with E-state index in [0.717, 1.165) is 33.5 Å². The van der Waals surface area contributed by atoms with Gasteiger partial charge in [0.2, 0.25) is 5.91 Å². The van der Waals surface area contributed by atoms with Gasteiger partial charge in [-0.2, -0.15) is 0 Å². The van der Waals surface area contributed by atoms with Gasteiger partial charge in [-0.3, -0.25) is 4.79 Å². The maximum Gasteiger partial charge on any atom is 0.221 e. The monoisotopic (exact) mass is 340 g/mol. The minimum atomic E-state index is -0.0720. The number of anilines is 1. The van der Waals surface area contributed by atoms with Gasteiger partial charge in [-0.1, -0.05) is 42.0 Å². The van der Waals surface area contributed by atoms with E-state index in [9.17, 15) is 4.79 Å². The van der Waals surface area contributed by atoms with E-state index in [-0.39, 0.29) is 5.91 Å². The predicted octanol–water partition coefficient (Wildman–Crippen LogP) is 5.77. The molecule has 0 saturated heterocycles. The van der Waals surface area contributed by atoms with Crippen molar-refractivity contribution in [1.29, 1.82) is 0 Å². The number of amides is 1. The van der Waals surface area contributed by atoms with Gasteiger partial charge in [-0.05, 0) is 59.5 Å². The van der Waals surface area contributed by atoms with Crippen molar-refractivity contribution >= 4 is 22.5 Å². The van der Waals surface area contributed by atoms with Gasteiger partial charge < -0.3 is 10.3 Å². The molecule has 0 radical (unpaired) electrons. The lowest BCUT2D eigenvalue weighted by molar-refractivity contribution is -0.114. The summed E-state index contributed by atoms with van der Waals surface area (Å²) in [4.78, 5) is 14.9. The van der Waals surface area contributed by atoms with E-state index in [4.69, 9.17) is 0 Å². The minimum Gasteiger partial charge on any atom is -0.361 e. The van der Waals surface area contributed by atoms with Gasteiger partial charge in [0.1, 0.15) is 0 Å². The molecule has 0 aliphatic rings. The summed E-state index contributed by atoms with van der Waals surface area (Å²) >= 11 is 0. The standard InChI is InChI=1S/C23H20N2O/c1-15-5-3-6-17(11-15)18-12-19(14-20(13-18)25-16(2)26)21-7-4-8-23-22(21)9-10-24-23/h3-14,24H,1-2H3,(H,25,26). The first-order valence-corrected chi connectivity index (χ1v) is 8.66. The molecule has 1 heterocycles. The number of nitrogens with one attached hydrogen (secondary N) is 2. The molecule has 3 aromatic carbocycles. The highest BCUT2D eigenvalue weighted by molar-refractivity contribution is 5.98. The molecule has 1 aromatic heterocycles. The molecule has 0 atom stereocenters. The Hall–Kier alpha value is -3.33. The molecule has 0 unspecified atom stereocenters. The molecule has 0 aliphatic heterocycles. The van der Waals surface area contributed by atoms with Crippen molar-refractivity contribution in [3.63, 3.8) is 0 Å². The third-order valence-corrected chi connectivity index (χ3v) is 4.51. The molecular weight excluding hydrogens is 320 g/mol. The molecule has 0 saturated carbocycles. The number of rotatable bonds is 3. The Balaban J connectivity index is 1.93. The van der Waals surface area contributed by atoms with E-state index in [1.807, 2.05) is 24.4 Å². The number of carbonyl (C=O) groups excluding carboxylic acids is 1. The van der Waals surface area contributed by atoms with Crippen molar-refractivity contribution in [2.45, 2.75) is 13.8 Å². The third kappa shape index (κ3) is 3.11. The molecule has 26 heavy (non-hydrogen) atoms. The molecule has 4 aromatic rings. The summed E-state index contributed by atoms with van der Waals surface area (Å²) in [6, 6.07) is 23.0. The largest absolute Gasteiger partial charge is 0.361 e. The second-order valence-electron chi connectivity index (χ2n) is 6.59. The van der Waals surface area contributed by atoms with Gasteiger partial charge >= 0.3 is 0 Å². The normalized spacial score (nSPS) is 10.8. The first kappa shape index (κ1) is 16.2. The van der Waals surface area contributed by atoms with Crippen LogP contribution < -0.4 is 5.32 Å². The molecule has 3 nitrogen and oxygen atoms in total. The third-order valence-electron chi connectivity index (χ3n) is 4.51. The second-order valence-corrected chi connectivity index (χ2v) is 6.59. The van der Waals surface area contributed by atoms with Gasteiger partial charge in [0, 0.05) is 29.7 Å². The predicted molar refractivity (Wildman–Crippen MR) is 108 cm³/mol. The number of carbonyl (C=O) groups is 1. The smallest absolute Gasteiger partial charge is 0.221 e. The van der Waals surface area contributed by atoms with Gasteiger partial charge in [0.15, 0.2) is 0 Å². The van der Waals surface area contributed by atoms with Crippen LogP contribution in [0.1, 0.15) is 12.5 Å². The van der Waals surface area contributed by atoms with Gasteiger partial charge in [-0.25, -0.2) is 0 Å². The number of H-pyrrole nitrogens is 1. The topological polar surface area (TPSA) is 44.9 Å². The van der Waals surface area contributed by atoms with E-state index in [1.165, 1.54) is 17.9 Å². The SMILES string of the molecule is CC(=O)Nc1cc(-c2cccc(C)c2)cc(-c2cccc3[nH]ccc23)c1. The van der Waals surface area contributed by atoms with Crippen LogP contribution in [0.3, 0.4) is 0 Å². The van der Waals surface area contributed by atoms with E-state index in [0.29, 0.717) is 0 Å². The van der Waals surface area contributed by atoms with Crippen LogP contribution in [0, 0.1) is 6.92 Å². The van der Waals surface area contributed by atoms with Crippen molar-refractivity contribution in [3.8, 4) is 22.3 Å². The molecule has 0 spiro atoms. The van der Waals surface area contributed by atoms with Crippen molar-refractivity contribution in [2.75, 3.05) is 5.32 Å². The van der Waals surface area contributed by atoms with Crippen LogP contribution in [0.5, 0.6) is 0 Å². The molecule has 0 bridgehead atoms. The van der Waals surface area contributed by atoms with Crippen molar-refractivity contribution in [3.05, 3.63) is 78.5 Å². The molecule has 128 valence electrons. The summed E-state index contributed by atoms with van der Waals surface area (Å²) in [5.74, 6) is -0.0720. The van der Waals surface area contributed by atoms with Gasteiger partial charge in [-0.15, -0.1) is 0 Å². The van der Waals surface area contributed by atoms with Gasteiger partial charge in [0.25, 0.3) is 0 Å². The molecular formula is C23H20N2O. The molecule has 3 heteroatoms. The number of hydrogen-bond donors (Lipinski definition) is 2. The number of aromatic nitrogens is 1. The lowest BCUT2D eigenvalue weighted by atomic mass is 9.95. The summed E-state index contributed by atoms with van der Waals surface area (Å²) in [5.41, 5.74) is 7.57. The van der Waals surface area contributed by atoms with Crippen LogP contribution in [0.4, 0.5) is 5.69 Å². The average molecular weight is 340 g/mol. The summed E-state index contributed by atoms with van der Waals surface area (Å²) in [6.45, 7) is 3.62. The van der Waals surface area contributed by atoms with Crippen molar-refractivity contribution in [1.82, 2.24) is 4.98 Å². The molecule has 4 rings (SSSR count). The Morgan fingerprint density at radius 3 is 2.50 bits per heavy atom. The molecule has 2 N–H and O–H groups in total. The fourth-order valence-corrected chi connectivity index (χ4v) is 3.39. The van der Waals surface area contributed by atoms with Crippen LogP contribution >= 0.6 is 0 Å². The molecule has 1 amide bonds. The Labute approximate surface area is 152 Å². The van der Waals surface area contributed by atoms with E-state index < -0.39 is 0 Å². The summed E-state index contributed by atoms with van der Waals surface area (Å²) in [6.07, 6.45) is 1.95. The Kier molecular flexibility index (Phi) is 4.05. The first-order valence-electron chi connectivity index (χ1n) is 8.66. The van der Waals surface area contributed by atoms with Crippen LogP contribution in [-0.2, 0) is 4.79 Å². The minimum absolute atomic E-state index is 0.0720. The highest BCUT2D eigenvalue weighted by Gasteiger charge is 2.09. The summed E-state index contributed by atoms with van der Waals surface area (Å²) in [7, 11) is 0. The first-order chi connectivity index (χ1) is 12.6. The fraction of sp³-hybridized carbons (Fsp3) is 0.0870. The highest BCUT2D eigenvalue weighted by atomic mass is 16.1. The molecule has 0 aliphatic carbocycles. The summed E-state index contributed by atoms with van der Waals surface area (Å²) in [5, 5.41) is 4.10. The number of hydrogen-bond acceptors (Lipinski definition) is 1. The zero-order chi connectivity index (χ0) is 18.1. The van der Waals surface area contributed by atoms with Crippen LogP contribution in [0.25, 0.3) is 33.2 Å². The number of aromatic amines is 1. The maximum atomic E-state index is 11.6. The highest BCUT2D eigenvalue weighted by Crippen LogP contribution is 2.34. The second kappa shape index (κ2) is 6.52. The quantitative estimate of drug-likeness (QED) is 0.488. The summed E-state index contributed by atoms with van der Waals surface area (Å²) < 4.78 is 0. The average Bonchev–Trinajstić information content (AvgIpc) is 3.09. The van der Waals surface area contributed by atoms with Gasteiger partial charge in [0.05, 0.1) is 0 Å². The molecule has 0 fully saturated rings. The fourth-order valence-electron chi connectivity index (χ4n) is 3.39. The number of aryl methyl sites for hydroxylation is 1. The number of fused-ring (bicyclic) bond motifs is 1. The Bertz CT molecular complexity index is 1110.